The maximum atomic E-state index is 12.4. The van der Waals surface area contributed by atoms with Gasteiger partial charge in [0.15, 0.2) is 0 Å². The van der Waals surface area contributed by atoms with Crippen LogP contribution in [0.2, 0.25) is 0 Å². The number of nitrogens with two attached hydrogens (primary N) is 1. The lowest BCUT2D eigenvalue weighted by Gasteiger charge is -2.20. The van der Waals surface area contributed by atoms with Crippen molar-refractivity contribution in [1.29, 1.82) is 0 Å². The number of carbonyl (C=O) groups excluding carboxylic acids is 1. The second-order valence-corrected chi connectivity index (χ2v) is 6.33. The van der Waals surface area contributed by atoms with E-state index in [4.69, 9.17) is 5.73 Å². The fraction of sp³-hybridized carbons (Fsp3) is 0.417. The number of primary amides is 1. The molecule has 0 saturated carbocycles. The van der Waals surface area contributed by atoms with Crippen molar-refractivity contribution >= 4 is 16.1 Å². The van der Waals surface area contributed by atoms with Gasteiger partial charge in [-0.1, -0.05) is 18.2 Å². The Kier molecular flexibility index (Phi) is 4.06. The molecule has 2 N–H and O–H groups in total. The molecule has 7 heteroatoms. The maximum absolute atomic E-state index is 12.4. The Hall–Kier alpha value is -1.60. The summed E-state index contributed by atoms with van der Waals surface area (Å²) in [6.07, 6.45) is 0.592. The van der Waals surface area contributed by atoms with E-state index in [1.807, 2.05) is 0 Å². The van der Waals surface area contributed by atoms with E-state index >= 15 is 0 Å². The van der Waals surface area contributed by atoms with Crippen LogP contribution in [0.1, 0.15) is 6.42 Å². The number of rotatable bonds is 2. The van der Waals surface area contributed by atoms with E-state index in [1.165, 1.54) is 9.21 Å². The highest BCUT2D eigenvalue weighted by Crippen LogP contribution is 2.17. The number of amides is 2. The SMILES string of the molecule is NC(=O)N1CCCN(S(=O)(=O)c2ccccc2)CC1. The molecule has 6 nitrogen and oxygen atoms in total. The molecule has 2 amide bonds. The van der Waals surface area contributed by atoms with Crippen LogP contribution in [-0.4, -0.2) is 49.8 Å². The van der Waals surface area contributed by atoms with Crippen LogP contribution in [0.15, 0.2) is 35.2 Å². The summed E-state index contributed by atoms with van der Waals surface area (Å²) in [5.41, 5.74) is 5.22. The lowest BCUT2D eigenvalue weighted by atomic mass is 10.4. The minimum atomic E-state index is -3.48. The average molecular weight is 283 g/mol. The highest BCUT2D eigenvalue weighted by Gasteiger charge is 2.27. The first kappa shape index (κ1) is 13.8. The van der Waals surface area contributed by atoms with Crippen molar-refractivity contribution in [2.45, 2.75) is 11.3 Å². The standard InChI is InChI=1S/C12H17N3O3S/c13-12(16)14-7-4-8-15(10-9-14)19(17,18)11-5-2-1-3-6-11/h1-3,5-6H,4,7-10H2,(H2,13,16). The van der Waals surface area contributed by atoms with Gasteiger partial charge in [0.2, 0.25) is 10.0 Å². The van der Waals surface area contributed by atoms with Crippen LogP contribution in [0.3, 0.4) is 0 Å². The Morgan fingerprint density at radius 1 is 1.05 bits per heavy atom. The number of urea groups is 1. The Bertz CT molecular complexity index is 545. The molecule has 1 heterocycles. The first-order valence-corrected chi connectivity index (χ1v) is 7.55. The third kappa shape index (κ3) is 3.05. The van der Waals surface area contributed by atoms with Gasteiger partial charge in [-0.3, -0.25) is 0 Å². The smallest absolute Gasteiger partial charge is 0.314 e. The van der Waals surface area contributed by atoms with E-state index in [9.17, 15) is 13.2 Å². The molecule has 0 unspecified atom stereocenters. The predicted molar refractivity (Wildman–Crippen MR) is 71.0 cm³/mol. The summed E-state index contributed by atoms with van der Waals surface area (Å²) >= 11 is 0. The molecular formula is C12H17N3O3S. The van der Waals surface area contributed by atoms with E-state index in [2.05, 4.69) is 0 Å². The Labute approximate surface area is 112 Å². The third-order valence-electron chi connectivity index (χ3n) is 3.15. The molecule has 0 aliphatic carbocycles. The first-order chi connectivity index (χ1) is 9.01. The molecule has 104 valence electrons. The summed E-state index contributed by atoms with van der Waals surface area (Å²) < 4.78 is 26.2. The van der Waals surface area contributed by atoms with Gasteiger partial charge in [0, 0.05) is 26.2 Å². The van der Waals surface area contributed by atoms with Crippen LogP contribution < -0.4 is 5.73 Å². The third-order valence-corrected chi connectivity index (χ3v) is 5.06. The fourth-order valence-corrected chi connectivity index (χ4v) is 3.59. The van der Waals surface area contributed by atoms with Crippen molar-refractivity contribution in [3.63, 3.8) is 0 Å². The molecule has 19 heavy (non-hydrogen) atoms. The molecule has 0 radical (unpaired) electrons. The molecule has 1 aliphatic heterocycles. The highest BCUT2D eigenvalue weighted by molar-refractivity contribution is 7.89. The summed E-state index contributed by atoms with van der Waals surface area (Å²) in [5.74, 6) is 0. The molecule has 1 saturated heterocycles. The van der Waals surface area contributed by atoms with Crippen LogP contribution in [0.4, 0.5) is 4.79 Å². The van der Waals surface area contributed by atoms with E-state index in [1.54, 1.807) is 30.3 Å². The monoisotopic (exact) mass is 283 g/mol. The molecule has 0 atom stereocenters. The first-order valence-electron chi connectivity index (χ1n) is 6.11. The normalized spacial score (nSPS) is 18.0. The van der Waals surface area contributed by atoms with Crippen molar-refractivity contribution in [2.24, 2.45) is 5.73 Å². The van der Waals surface area contributed by atoms with Gasteiger partial charge in [0.1, 0.15) is 0 Å². The number of benzene rings is 1. The van der Waals surface area contributed by atoms with Crippen molar-refractivity contribution < 1.29 is 13.2 Å². The molecule has 0 aromatic heterocycles. The number of nitrogens with zero attached hydrogens (tertiary/aromatic N) is 2. The largest absolute Gasteiger partial charge is 0.351 e. The molecular weight excluding hydrogens is 266 g/mol. The van der Waals surface area contributed by atoms with Gasteiger partial charge >= 0.3 is 6.03 Å². The zero-order chi connectivity index (χ0) is 13.9. The van der Waals surface area contributed by atoms with Gasteiger partial charge < -0.3 is 10.6 Å². The maximum Gasteiger partial charge on any atom is 0.314 e. The van der Waals surface area contributed by atoms with Crippen molar-refractivity contribution in [1.82, 2.24) is 9.21 Å². The van der Waals surface area contributed by atoms with Gasteiger partial charge in [-0.05, 0) is 18.6 Å². The number of hydrogen-bond donors (Lipinski definition) is 1. The number of hydrogen-bond acceptors (Lipinski definition) is 3. The predicted octanol–water partition coefficient (Wildman–Crippen LogP) is 0.462. The minimum Gasteiger partial charge on any atom is -0.351 e. The molecule has 1 aliphatic rings. The van der Waals surface area contributed by atoms with Crippen LogP contribution >= 0.6 is 0 Å². The zero-order valence-electron chi connectivity index (χ0n) is 10.5. The van der Waals surface area contributed by atoms with E-state index in [0.29, 0.717) is 26.1 Å². The molecule has 1 aromatic rings. The minimum absolute atomic E-state index is 0.278. The van der Waals surface area contributed by atoms with E-state index in [0.717, 1.165) is 0 Å². The highest BCUT2D eigenvalue weighted by atomic mass is 32.2. The quantitative estimate of drug-likeness (QED) is 0.856. The van der Waals surface area contributed by atoms with Crippen LogP contribution in [0.5, 0.6) is 0 Å². The van der Waals surface area contributed by atoms with Gasteiger partial charge in [0.05, 0.1) is 4.90 Å². The van der Waals surface area contributed by atoms with E-state index in [-0.39, 0.29) is 11.4 Å². The Morgan fingerprint density at radius 2 is 1.74 bits per heavy atom. The summed E-state index contributed by atoms with van der Waals surface area (Å²) in [6, 6.07) is 7.81. The van der Waals surface area contributed by atoms with Crippen LogP contribution in [0.25, 0.3) is 0 Å². The van der Waals surface area contributed by atoms with Crippen LogP contribution in [0, 0.1) is 0 Å². The number of carbonyl (C=O) groups is 1. The summed E-state index contributed by atoms with van der Waals surface area (Å²) in [4.78, 5) is 12.9. The summed E-state index contributed by atoms with van der Waals surface area (Å²) in [7, 11) is -3.48. The molecule has 0 spiro atoms. The molecule has 0 bridgehead atoms. The summed E-state index contributed by atoms with van der Waals surface area (Å²) in [6.45, 7) is 1.51. The molecule has 1 aromatic carbocycles. The van der Waals surface area contributed by atoms with E-state index < -0.39 is 16.1 Å². The average Bonchev–Trinajstić information content (AvgIpc) is 2.66. The lowest BCUT2D eigenvalue weighted by Crippen LogP contribution is -2.39. The Balaban J connectivity index is 2.16. The molecule has 1 fully saturated rings. The number of sulfonamides is 1. The summed E-state index contributed by atoms with van der Waals surface area (Å²) in [5, 5.41) is 0. The van der Waals surface area contributed by atoms with Gasteiger partial charge in [-0.25, -0.2) is 13.2 Å². The van der Waals surface area contributed by atoms with Gasteiger partial charge in [0.25, 0.3) is 0 Å². The lowest BCUT2D eigenvalue weighted by molar-refractivity contribution is 0.210. The molecule has 2 rings (SSSR count). The van der Waals surface area contributed by atoms with Crippen molar-refractivity contribution in [2.75, 3.05) is 26.2 Å². The van der Waals surface area contributed by atoms with Crippen LogP contribution in [-0.2, 0) is 10.0 Å². The second kappa shape index (κ2) is 5.58. The fourth-order valence-electron chi connectivity index (χ4n) is 2.10. The second-order valence-electron chi connectivity index (χ2n) is 4.40. The zero-order valence-corrected chi connectivity index (χ0v) is 11.3. The van der Waals surface area contributed by atoms with Gasteiger partial charge in [-0.2, -0.15) is 4.31 Å². The van der Waals surface area contributed by atoms with Crippen molar-refractivity contribution in [3.8, 4) is 0 Å². The van der Waals surface area contributed by atoms with Crippen molar-refractivity contribution in [3.05, 3.63) is 30.3 Å². The topological polar surface area (TPSA) is 83.7 Å². The van der Waals surface area contributed by atoms with Gasteiger partial charge in [-0.15, -0.1) is 0 Å². The Morgan fingerprint density at radius 3 is 2.37 bits per heavy atom.